The molecule has 0 fully saturated rings. The van der Waals surface area contributed by atoms with Crippen LogP contribution in [0.5, 0.6) is 0 Å². The van der Waals surface area contributed by atoms with Crippen molar-refractivity contribution >= 4 is 56.0 Å². The highest BCUT2D eigenvalue weighted by molar-refractivity contribution is 7.22. The molecule has 0 bridgehead atoms. The van der Waals surface area contributed by atoms with Gasteiger partial charge in [-0.25, -0.2) is 4.98 Å². The molecule has 1 aromatic heterocycles. The van der Waals surface area contributed by atoms with Gasteiger partial charge in [0.1, 0.15) is 5.02 Å². The molecule has 8 heteroatoms. The van der Waals surface area contributed by atoms with Gasteiger partial charge in [0, 0.05) is 12.1 Å². The summed E-state index contributed by atoms with van der Waals surface area (Å²) in [6, 6.07) is 10.2. The van der Waals surface area contributed by atoms with Crippen molar-refractivity contribution in [2.24, 2.45) is 0 Å². The number of thiazole rings is 1. The summed E-state index contributed by atoms with van der Waals surface area (Å²) in [6.45, 7) is 1.99. The van der Waals surface area contributed by atoms with Gasteiger partial charge in [-0.2, -0.15) is 0 Å². The normalized spacial score (nSPS) is 11.1. The van der Waals surface area contributed by atoms with Crippen molar-refractivity contribution in [2.75, 3.05) is 5.32 Å². The van der Waals surface area contributed by atoms with E-state index in [1.54, 1.807) is 6.07 Å². The lowest BCUT2D eigenvalue weighted by atomic mass is 10.2. The first-order chi connectivity index (χ1) is 11.9. The third-order valence-corrected chi connectivity index (χ3v) is 4.62. The fourth-order valence-electron chi connectivity index (χ4n) is 2.18. The van der Waals surface area contributed by atoms with E-state index in [-0.39, 0.29) is 16.6 Å². The quantitative estimate of drug-likeness (QED) is 0.403. The number of carbonyl (C=O) groups excluding carboxylic acids is 1. The molecule has 0 unspecified atom stereocenters. The molecule has 0 aliphatic heterocycles. The Bertz CT molecular complexity index is 1010. The van der Waals surface area contributed by atoms with E-state index in [1.165, 1.54) is 35.6 Å². The molecular formula is C17H12ClN3O3S. The summed E-state index contributed by atoms with van der Waals surface area (Å²) in [7, 11) is 0. The van der Waals surface area contributed by atoms with Crippen LogP contribution in [0.2, 0.25) is 5.02 Å². The van der Waals surface area contributed by atoms with Gasteiger partial charge in [0.25, 0.3) is 5.69 Å². The fourth-order valence-corrected chi connectivity index (χ4v) is 3.33. The lowest BCUT2D eigenvalue weighted by Gasteiger charge is -1.98. The minimum absolute atomic E-state index is 0.0522. The highest BCUT2D eigenvalue weighted by atomic mass is 35.5. The molecule has 3 rings (SSSR count). The second kappa shape index (κ2) is 7.00. The number of nitrogens with one attached hydrogen (secondary N) is 1. The molecule has 1 heterocycles. The average Bonchev–Trinajstić information content (AvgIpc) is 2.95. The number of hydrogen-bond acceptors (Lipinski definition) is 5. The maximum Gasteiger partial charge on any atom is 0.288 e. The summed E-state index contributed by atoms with van der Waals surface area (Å²) in [5.74, 6) is -0.367. The van der Waals surface area contributed by atoms with Gasteiger partial charge in [-0.1, -0.05) is 35.1 Å². The number of carbonyl (C=O) groups is 1. The molecule has 0 spiro atoms. The number of aromatic nitrogens is 1. The van der Waals surface area contributed by atoms with Crippen LogP contribution in [0.1, 0.15) is 11.1 Å². The molecule has 1 N–H and O–H groups in total. The van der Waals surface area contributed by atoms with Crippen molar-refractivity contribution in [1.29, 1.82) is 0 Å². The minimum Gasteiger partial charge on any atom is -0.298 e. The van der Waals surface area contributed by atoms with Crippen LogP contribution in [0.25, 0.3) is 16.3 Å². The SMILES string of the molecule is Cc1ccc2nc(NC(=O)/C=C/c3ccc(Cl)c([N+](=O)[O-])c3)sc2c1. The van der Waals surface area contributed by atoms with Crippen LogP contribution in [0, 0.1) is 17.0 Å². The number of rotatable bonds is 4. The zero-order chi connectivity index (χ0) is 18.0. The number of nitrogens with zero attached hydrogens (tertiary/aromatic N) is 2. The number of benzene rings is 2. The maximum atomic E-state index is 12.0. The average molecular weight is 374 g/mol. The third kappa shape index (κ3) is 4.01. The van der Waals surface area contributed by atoms with Crippen molar-refractivity contribution < 1.29 is 9.72 Å². The Morgan fingerprint density at radius 3 is 2.88 bits per heavy atom. The molecule has 0 saturated carbocycles. The number of hydrogen-bond donors (Lipinski definition) is 1. The summed E-state index contributed by atoms with van der Waals surface area (Å²) in [6.07, 6.45) is 2.78. The highest BCUT2D eigenvalue weighted by Gasteiger charge is 2.12. The van der Waals surface area contributed by atoms with Crippen molar-refractivity contribution in [2.45, 2.75) is 6.92 Å². The van der Waals surface area contributed by atoms with Crippen LogP contribution in [-0.4, -0.2) is 15.8 Å². The van der Waals surface area contributed by atoms with E-state index >= 15 is 0 Å². The van der Waals surface area contributed by atoms with Crippen LogP contribution in [0.15, 0.2) is 42.5 Å². The van der Waals surface area contributed by atoms with Crippen LogP contribution in [0.4, 0.5) is 10.8 Å². The number of amides is 1. The summed E-state index contributed by atoms with van der Waals surface area (Å²) in [4.78, 5) is 26.7. The van der Waals surface area contributed by atoms with E-state index in [0.29, 0.717) is 10.7 Å². The fraction of sp³-hybridized carbons (Fsp3) is 0.0588. The van der Waals surface area contributed by atoms with Gasteiger partial charge in [-0.05, 0) is 42.3 Å². The Labute approximate surface area is 151 Å². The molecule has 126 valence electrons. The molecule has 25 heavy (non-hydrogen) atoms. The molecule has 0 atom stereocenters. The Morgan fingerprint density at radius 1 is 1.32 bits per heavy atom. The number of aryl methyl sites for hydroxylation is 1. The van der Waals surface area contributed by atoms with E-state index in [0.717, 1.165) is 15.8 Å². The van der Waals surface area contributed by atoms with Gasteiger partial charge in [0.05, 0.1) is 15.1 Å². The third-order valence-electron chi connectivity index (χ3n) is 3.37. The first-order valence-electron chi connectivity index (χ1n) is 7.22. The van der Waals surface area contributed by atoms with Gasteiger partial charge in [0.2, 0.25) is 5.91 Å². The number of nitro benzene ring substituents is 1. The topological polar surface area (TPSA) is 85.1 Å². The number of anilines is 1. The van der Waals surface area contributed by atoms with Crippen molar-refractivity contribution in [3.63, 3.8) is 0 Å². The highest BCUT2D eigenvalue weighted by Crippen LogP contribution is 2.27. The van der Waals surface area contributed by atoms with Crippen LogP contribution < -0.4 is 5.32 Å². The monoisotopic (exact) mass is 373 g/mol. The minimum atomic E-state index is -0.567. The Balaban J connectivity index is 1.74. The van der Waals surface area contributed by atoms with Gasteiger partial charge < -0.3 is 0 Å². The molecule has 2 aromatic carbocycles. The number of nitro groups is 1. The summed E-state index contributed by atoms with van der Waals surface area (Å²) >= 11 is 7.15. The molecule has 0 radical (unpaired) electrons. The molecule has 0 aliphatic carbocycles. The van der Waals surface area contributed by atoms with Crippen molar-refractivity contribution in [3.8, 4) is 0 Å². The summed E-state index contributed by atoms with van der Waals surface area (Å²) in [5, 5.41) is 14.1. The number of halogens is 1. The van der Waals surface area contributed by atoms with E-state index in [1.807, 2.05) is 25.1 Å². The summed E-state index contributed by atoms with van der Waals surface area (Å²) in [5.41, 5.74) is 2.25. The zero-order valence-electron chi connectivity index (χ0n) is 13.0. The lowest BCUT2D eigenvalue weighted by Crippen LogP contribution is -2.07. The Hall–Kier alpha value is -2.77. The second-order valence-electron chi connectivity index (χ2n) is 5.28. The first-order valence-corrected chi connectivity index (χ1v) is 8.42. The van der Waals surface area contributed by atoms with Crippen molar-refractivity contribution in [1.82, 2.24) is 4.98 Å². The van der Waals surface area contributed by atoms with Crippen LogP contribution in [-0.2, 0) is 4.79 Å². The Morgan fingerprint density at radius 2 is 2.12 bits per heavy atom. The molecule has 1 amide bonds. The first kappa shape index (κ1) is 17.1. The smallest absolute Gasteiger partial charge is 0.288 e. The van der Waals surface area contributed by atoms with E-state index in [4.69, 9.17) is 11.6 Å². The Kier molecular flexibility index (Phi) is 4.78. The largest absolute Gasteiger partial charge is 0.298 e. The molecular weight excluding hydrogens is 362 g/mol. The van der Waals surface area contributed by atoms with E-state index in [9.17, 15) is 14.9 Å². The predicted molar refractivity (Wildman–Crippen MR) is 100 cm³/mol. The number of fused-ring (bicyclic) bond motifs is 1. The van der Waals surface area contributed by atoms with Gasteiger partial charge >= 0.3 is 0 Å². The zero-order valence-corrected chi connectivity index (χ0v) is 14.6. The van der Waals surface area contributed by atoms with E-state index in [2.05, 4.69) is 10.3 Å². The molecule has 0 aliphatic rings. The molecule has 6 nitrogen and oxygen atoms in total. The van der Waals surface area contributed by atoms with E-state index < -0.39 is 4.92 Å². The molecule has 0 saturated heterocycles. The molecule has 3 aromatic rings. The maximum absolute atomic E-state index is 12.0. The van der Waals surface area contributed by atoms with Gasteiger partial charge in [-0.3, -0.25) is 20.2 Å². The van der Waals surface area contributed by atoms with Crippen LogP contribution in [0.3, 0.4) is 0 Å². The second-order valence-corrected chi connectivity index (χ2v) is 6.72. The van der Waals surface area contributed by atoms with Crippen molar-refractivity contribution in [3.05, 3.63) is 68.7 Å². The predicted octanol–water partition coefficient (Wildman–Crippen LogP) is 4.82. The van der Waals surface area contributed by atoms with Gasteiger partial charge in [0.15, 0.2) is 5.13 Å². The van der Waals surface area contributed by atoms with Gasteiger partial charge in [-0.15, -0.1) is 0 Å². The lowest BCUT2D eigenvalue weighted by molar-refractivity contribution is -0.384. The standard InChI is InChI=1S/C17H12ClN3O3S/c1-10-2-6-13-15(8-10)25-17(19-13)20-16(22)7-4-11-3-5-12(18)14(9-11)21(23)24/h2-9H,1H3,(H,19,20,22)/b7-4+. The van der Waals surface area contributed by atoms with Crippen LogP contribution >= 0.6 is 22.9 Å². The summed E-state index contributed by atoms with van der Waals surface area (Å²) < 4.78 is 0.993.